The molecule has 1 aromatic carbocycles. The van der Waals surface area contributed by atoms with Gasteiger partial charge in [0.15, 0.2) is 10.9 Å². The van der Waals surface area contributed by atoms with Crippen molar-refractivity contribution in [1.82, 2.24) is 14.1 Å². The summed E-state index contributed by atoms with van der Waals surface area (Å²) in [6.45, 7) is 10.3. The van der Waals surface area contributed by atoms with Crippen LogP contribution < -0.4 is 5.56 Å². The lowest BCUT2D eigenvalue weighted by molar-refractivity contribution is 0.102. The van der Waals surface area contributed by atoms with E-state index in [1.54, 1.807) is 29.9 Å². The average Bonchev–Trinajstić information content (AvgIpc) is 3.05. The minimum absolute atomic E-state index is 0.0296. The molecule has 2 aromatic heterocycles. The van der Waals surface area contributed by atoms with Crippen molar-refractivity contribution in [2.75, 3.05) is 19.5 Å². The summed E-state index contributed by atoms with van der Waals surface area (Å²) >= 11 is 7.45. The average molecular weight is 490 g/mol. The number of nitrogens with zero attached hydrogens (tertiary/aromatic N) is 3. The van der Waals surface area contributed by atoms with Crippen LogP contribution in [0.2, 0.25) is 5.02 Å². The molecule has 178 valence electrons. The van der Waals surface area contributed by atoms with Gasteiger partial charge in [0.1, 0.15) is 0 Å². The van der Waals surface area contributed by atoms with Gasteiger partial charge in [0.2, 0.25) is 0 Å². The largest absolute Gasteiger partial charge is 0.385 e. The van der Waals surface area contributed by atoms with Crippen molar-refractivity contribution in [2.45, 2.75) is 58.8 Å². The van der Waals surface area contributed by atoms with E-state index in [9.17, 15) is 9.59 Å². The number of methoxy groups -OCH3 is 1. The van der Waals surface area contributed by atoms with Crippen molar-refractivity contribution < 1.29 is 9.53 Å². The van der Waals surface area contributed by atoms with Crippen LogP contribution in [-0.4, -0.2) is 39.4 Å². The number of rotatable bonds is 11. The van der Waals surface area contributed by atoms with E-state index in [0.29, 0.717) is 40.2 Å². The van der Waals surface area contributed by atoms with Gasteiger partial charge in [-0.15, -0.1) is 0 Å². The third kappa shape index (κ3) is 6.08. The van der Waals surface area contributed by atoms with Crippen LogP contribution >= 0.6 is 23.4 Å². The molecule has 0 saturated heterocycles. The van der Waals surface area contributed by atoms with E-state index >= 15 is 0 Å². The minimum atomic E-state index is -0.0939. The van der Waals surface area contributed by atoms with E-state index in [0.717, 1.165) is 36.3 Å². The topological polar surface area (TPSA) is 66.1 Å². The second-order valence-electron chi connectivity index (χ2n) is 8.69. The Hall–Kier alpha value is -2.09. The van der Waals surface area contributed by atoms with E-state index in [4.69, 9.17) is 21.3 Å². The Kier molecular flexibility index (Phi) is 8.79. The number of aromatic nitrogens is 3. The zero-order chi connectivity index (χ0) is 24.1. The maximum atomic E-state index is 13.2. The standard InChI is InChI=1S/C25H32ClN3O3S/c1-16(2)9-11-29-24(31)20-8-7-19(26)14-22(20)27-25(29)33-15-23(30)21-13-17(3)28(18(21)4)10-6-12-32-5/h7-8,13-14,16H,6,9-12,15H2,1-5H3. The van der Waals surface area contributed by atoms with Gasteiger partial charge >= 0.3 is 0 Å². The lowest BCUT2D eigenvalue weighted by atomic mass is 10.1. The lowest BCUT2D eigenvalue weighted by Gasteiger charge is -2.14. The van der Waals surface area contributed by atoms with Gasteiger partial charge in [-0.1, -0.05) is 37.2 Å². The fraction of sp³-hybridized carbons (Fsp3) is 0.480. The van der Waals surface area contributed by atoms with Gasteiger partial charge in [-0.3, -0.25) is 14.2 Å². The lowest BCUT2D eigenvalue weighted by Crippen LogP contribution is -2.24. The maximum absolute atomic E-state index is 13.2. The number of halogens is 1. The van der Waals surface area contributed by atoms with Crippen molar-refractivity contribution in [3.63, 3.8) is 0 Å². The monoisotopic (exact) mass is 489 g/mol. The number of ether oxygens (including phenoxy) is 1. The third-order valence-corrected chi connectivity index (χ3v) is 6.96. The number of carbonyl (C=O) groups is 1. The first-order chi connectivity index (χ1) is 15.7. The van der Waals surface area contributed by atoms with Gasteiger partial charge in [0.25, 0.3) is 5.56 Å². The molecule has 3 rings (SSSR count). The molecule has 0 radical (unpaired) electrons. The van der Waals surface area contributed by atoms with Gasteiger partial charge in [-0.2, -0.15) is 0 Å². The molecule has 0 saturated carbocycles. The Morgan fingerprint density at radius 3 is 2.64 bits per heavy atom. The molecule has 0 unspecified atom stereocenters. The van der Waals surface area contributed by atoms with Gasteiger partial charge in [0, 0.05) is 48.8 Å². The predicted molar refractivity (Wildman–Crippen MR) is 136 cm³/mol. The molecule has 8 heteroatoms. The van der Waals surface area contributed by atoms with Crippen molar-refractivity contribution in [1.29, 1.82) is 0 Å². The van der Waals surface area contributed by atoms with Crippen molar-refractivity contribution in [3.8, 4) is 0 Å². The Balaban J connectivity index is 1.87. The summed E-state index contributed by atoms with van der Waals surface area (Å²) in [5, 5.41) is 1.62. The van der Waals surface area contributed by atoms with Gasteiger partial charge in [-0.25, -0.2) is 4.98 Å². The molecule has 0 aliphatic carbocycles. The van der Waals surface area contributed by atoms with E-state index in [1.807, 2.05) is 19.9 Å². The zero-order valence-electron chi connectivity index (χ0n) is 20.0. The van der Waals surface area contributed by atoms with Crippen LogP contribution in [-0.2, 0) is 17.8 Å². The molecule has 0 bridgehead atoms. The van der Waals surface area contributed by atoms with Crippen LogP contribution in [0, 0.1) is 19.8 Å². The number of Topliss-reactive ketones (excluding diaryl/α,β-unsaturated/α-hetero) is 1. The van der Waals surface area contributed by atoms with Gasteiger partial charge in [0.05, 0.1) is 16.7 Å². The summed E-state index contributed by atoms with van der Waals surface area (Å²) in [7, 11) is 1.69. The smallest absolute Gasteiger partial charge is 0.262 e. The van der Waals surface area contributed by atoms with Crippen LogP contribution in [0.25, 0.3) is 10.9 Å². The Morgan fingerprint density at radius 1 is 1.18 bits per heavy atom. The zero-order valence-corrected chi connectivity index (χ0v) is 21.6. The molecule has 2 heterocycles. The molecular weight excluding hydrogens is 458 g/mol. The van der Waals surface area contributed by atoms with Crippen LogP contribution in [0.3, 0.4) is 0 Å². The molecule has 6 nitrogen and oxygen atoms in total. The number of hydrogen-bond donors (Lipinski definition) is 0. The van der Waals surface area contributed by atoms with Crippen LogP contribution in [0.5, 0.6) is 0 Å². The fourth-order valence-electron chi connectivity index (χ4n) is 3.87. The van der Waals surface area contributed by atoms with E-state index in [1.165, 1.54) is 11.8 Å². The molecule has 0 atom stereocenters. The quantitative estimate of drug-likeness (QED) is 0.153. The summed E-state index contributed by atoms with van der Waals surface area (Å²) in [5.74, 6) is 0.686. The summed E-state index contributed by atoms with van der Waals surface area (Å²) in [4.78, 5) is 31.0. The van der Waals surface area contributed by atoms with Crippen LogP contribution in [0.1, 0.15) is 48.4 Å². The molecule has 0 amide bonds. The first-order valence-electron chi connectivity index (χ1n) is 11.2. The molecule has 3 aromatic rings. The highest BCUT2D eigenvalue weighted by Crippen LogP contribution is 2.24. The van der Waals surface area contributed by atoms with E-state index in [2.05, 4.69) is 18.4 Å². The number of fused-ring (bicyclic) bond motifs is 1. The second-order valence-corrected chi connectivity index (χ2v) is 10.1. The molecule has 0 aliphatic rings. The SMILES string of the molecule is COCCCn1c(C)cc(C(=O)CSc2nc3cc(Cl)ccc3c(=O)n2CCC(C)C)c1C. The van der Waals surface area contributed by atoms with Crippen molar-refractivity contribution in [3.05, 3.63) is 56.6 Å². The minimum Gasteiger partial charge on any atom is -0.385 e. The normalized spacial score (nSPS) is 11.6. The second kappa shape index (κ2) is 11.4. The van der Waals surface area contributed by atoms with E-state index < -0.39 is 0 Å². The predicted octanol–water partition coefficient (Wildman–Crippen LogP) is 5.53. The van der Waals surface area contributed by atoms with Crippen molar-refractivity contribution >= 4 is 40.0 Å². The number of carbonyl (C=O) groups excluding carboxylic acids is 1. The number of ketones is 1. The number of hydrogen-bond acceptors (Lipinski definition) is 5. The van der Waals surface area contributed by atoms with Crippen molar-refractivity contribution in [2.24, 2.45) is 5.92 Å². The van der Waals surface area contributed by atoms with Gasteiger partial charge in [-0.05, 0) is 56.9 Å². The highest BCUT2D eigenvalue weighted by atomic mass is 35.5. The first-order valence-corrected chi connectivity index (χ1v) is 12.6. The molecule has 0 fully saturated rings. The number of aryl methyl sites for hydroxylation is 1. The van der Waals surface area contributed by atoms with E-state index in [-0.39, 0.29) is 17.1 Å². The highest BCUT2D eigenvalue weighted by Gasteiger charge is 2.18. The Labute approximate surface area is 204 Å². The summed E-state index contributed by atoms with van der Waals surface area (Å²) in [5.41, 5.74) is 3.20. The van der Waals surface area contributed by atoms with Crippen LogP contribution in [0.4, 0.5) is 0 Å². The molecular formula is C25H32ClN3O3S. The molecule has 0 N–H and O–H groups in total. The molecule has 0 aliphatic heterocycles. The number of benzene rings is 1. The fourth-order valence-corrected chi connectivity index (χ4v) is 4.95. The third-order valence-electron chi connectivity index (χ3n) is 5.75. The van der Waals surface area contributed by atoms with Crippen LogP contribution in [0.15, 0.2) is 34.2 Å². The Morgan fingerprint density at radius 2 is 1.94 bits per heavy atom. The van der Waals surface area contributed by atoms with Gasteiger partial charge < -0.3 is 9.30 Å². The highest BCUT2D eigenvalue weighted by molar-refractivity contribution is 7.99. The maximum Gasteiger partial charge on any atom is 0.262 e. The molecule has 0 spiro atoms. The summed E-state index contributed by atoms with van der Waals surface area (Å²) < 4.78 is 9.01. The summed E-state index contributed by atoms with van der Waals surface area (Å²) in [6.07, 6.45) is 1.74. The first kappa shape index (κ1) is 25.5. The molecule has 33 heavy (non-hydrogen) atoms. The summed E-state index contributed by atoms with van der Waals surface area (Å²) in [6, 6.07) is 7.07. The number of thioether (sulfide) groups is 1. The Bertz CT molecular complexity index is 1200.